The molecular formula is C65H43N5. The Morgan fingerprint density at radius 2 is 0.957 bits per heavy atom. The summed E-state index contributed by atoms with van der Waals surface area (Å²) in [6, 6.07) is 81.9. The Kier molecular flexibility index (Phi) is 8.26. The first-order chi connectivity index (χ1) is 34.7. The van der Waals surface area contributed by atoms with Gasteiger partial charge in [0.2, 0.25) is 11.9 Å². The van der Waals surface area contributed by atoms with Crippen LogP contribution in [0.3, 0.4) is 0 Å². The van der Waals surface area contributed by atoms with Crippen LogP contribution in [-0.4, -0.2) is 19.5 Å². The average Bonchev–Trinajstić information content (AvgIpc) is 4.05. The van der Waals surface area contributed by atoms with Crippen LogP contribution in [0, 0.1) is 5.92 Å². The number of hydrogen-bond acceptors (Lipinski definition) is 4. The van der Waals surface area contributed by atoms with Crippen LogP contribution in [0.4, 0.5) is 17.3 Å². The van der Waals surface area contributed by atoms with Crippen molar-refractivity contribution in [2.75, 3.05) is 4.90 Å². The van der Waals surface area contributed by atoms with Crippen LogP contribution in [0.1, 0.15) is 50.9 Å². The molecule has 0 bridgehead atoms. The van der Waals surface area contributed by atoms with Crippen molar-refractivity contribution in [3.63, 3.8) is 0 Å². The van der Waals surface area contributed by atoms with E-state index in [1.807, 2.05) is 0 Å². The Morgan fingerprint density at radius 1 is 0.429 bits per heavy atom. The second-order valence-corrected chi connectivity index (χ2v) is 19.0. The second-order valence-electron chi connectivity index (χ2n) is 19.0. The van der Waals surface area contributed by atoms with Crippen molar-refractivity contribution in [2.45, 2.75) is 17.3 Å². The number of para-hydroxylation sites is 4. The van der Waals surface area contributed by atoms with E-state index < -0.39 is 10.8 Å². The highest BCUT2D eigenvalue weighted by Crippen LogP contribution is 2.65. The second kappa shape index (κ2) is 14.8. The number of hydrogen-bond donors (Lipinski definition) is 0. The molecule has 0 N–H and O–H groups in total. The van der Waals surface area contributed by atoms with Crippen LogP contribution in [0.2, 0.25) is 0 Å². The average molecular weight is 894 g/mol. The van der Waals surface area contributed by atoms with Gasteiger partial charge in [-0.15, -0.1) is 0 Å². The molecule has 0 radical (unpaired) electrons. The number of rotatable bonds is 5. The lowest BCUT2D eigenvalue weighted by atomic mass is 9.61. The quantitative estimate of drug-likeness (QED) is 0.173. The lowest BCUT2D eigenvalue weighted by Gasteiger charge is -2.46. The van der Waals surface area contributed by atoms with Crippen LogP contribution in [0.25, 0.3) is 55.8 Å². The highest BCUT2D eigenvalue weighted by atomic mass is 15.3. The summed E-state index contributed by atoms with van der Waals surface area (Å²) in [5.74, 6) is 1.92. The van der Waals surface area contributed by atoms with Gasteiger partial charge in [0, 0.05) is 22.3 Å². The Morgan fingerprint density at radius 3 is 1.63 bits per heavy atom. The van der Waals surface area contributed by atoms with Gasteiger partial charge in [0.05, 0.1) is 33.2 Å². The van der Waals surface area contributed by atoms with Crippen molar-refractivity contribution in [1.29, 1.82) is 0 Å². The third kappa shape index (κ3) is 5.13. The smallest absolute Gasteiger partial charge is 0.240 e. The zero-order valence-corrected chi connectivity index (χ0v) is 38.1. The normalized spacial score (nSPS) is 16.3. The van der Waals surface area contributed by atoms with E-state index >= 15 is 0 Å². The topological polar surface area (TPSA) is 46.8 Å². The summed E-state index contributed by atoms with van der Waals surface area (Å²) < 4.78 is 2.22. The molecule has 15 rings (SSSR count). The molecule has 5 heteroatoms. The minimum Gasteiger partial charge on any atom is -0.278 e. The molecule has 0 fully saturated rings. The number of benzene rings is 9. The Bertz CT molecular complexity index is 3880. The van der Waals surface area contributed by atoms with E-state index in [9.17, 15) is 0 Å². The van der Waals surface area contributed by atoms with Gasteiger partial charge in [-0.05, 0) is 98.0 Å². The molecule has 0 amide bonds. The van der Waals surface area contributed by atoms with Gasteiger partial charge in [-0.3, -0.25) is 9.47 Å². The number of fused-ring (bicyclic) bond motifs is 15. The predicted octanol–water partition coefficient (Wildman–Crippen LogP) is 15.1. The van der Waals surface area contributed by atoms with E-state index in [-0.39, 0.29) is 5.92 Å². The molecule has 328 valence electrons. The molecule has 0 saturated heterocycles. The van der Waals surface area contributed by atoms with Crippen LogP contribution in [0.5, 0.6) is 0 Å². The largest absolute Gasteiger partial charge is 0.278 e. The number of allylic oxidation sites excluding steroid dienone is 4. The molecule has 1 spiro atoms. The zero-order valence-electron chi connectivity index (χ0n) is 38.1. The molecule has 1 unspecified atom stereocenters. The first-order valence-corrected chi connectivity index (χ1v) is 24.3. The summed E-state index contributed by atoms with van der Waals surface area (Å²) in [6.45, 7) is 0. The van der Waals surface area contributed by atoms with Crippen molar-refractivity contribution >= 4 is 44.7 Å². The number of anilines is 3. The minimum absolute atomic E-state index is 0.215. The van der Waals surface area contributed by atoms with E-state index in [1.165, 1.54) is 55.6 Å². The highest BCUT2D eigenvalue weighted by molar-refractivity contribution is 6.09. The molecule has 9 aromatic carbocycles. The Labute approximate surface area is 406 Å². The summed E-state index contributed by atoms with van der Waals surface area (Å²) >= 11 is 0. The number of nitrogens with zero attached hydrogens (tertiary/aromatic N) is 5. The van der Waals surface area contributed by atoms with Gasteiger partial charge in [0.1, 0.15) is 0 Å². The molecule has 1 atom stereocenters. The van der Waals surface area contributed by atoms with Crippen molar-refractivity contribution in [2.24, 2.45) is 5.92 Å². The van der Waals surface area contributed by atoms with E-state index in [1.54, 1.807) is 0 Å². The van der Waals surface area contributed by atoms with Crippen LogP contribution >= 0.6 is 0 Å². The summed E-state index contributed by atoms with van der Waals surface area (Å²) in [4.78, 5) is 19.1. The van der Waals surface area contributed by atoms with Crippen molar-refractivity contribution in [3.05, 3.63) is 287 Å². The maximum atomic E-state index is 5.66. The van der Waals surface area contributed by atoms with Crippen LogP contribution in [0.15, 0.2) is 243 Å². The van der Waals surface area contributed by atoms with Gasteiger partial charge in [0.25, 0.3) is 0 Å². The van der Waals surface area contributed by atoms with Gasteiger partial charge in [0.15, 0.2) is 5.82 Å². The maximum absolute atomic E-state index is 5.66. The third-order valence-electron chi connectivity index (χ3n) is 15.8. The summed E-state index contributed by atoms with van der Waals surface area (Å²) in [7, 11) is 0. The van der Waals surface area contributed by atoms with E-state index in [4.69, 9.17) is 15.0 Å². The molecule has 3 aliphatic carbocycles. The van der Waals surface area contributed by atoms with Crippen molar-refractivity contribution in [3.8, 4) is 28.5 Å². The molecule has 2 aromatic heterocycles. The first kappa shape index (κ1) is 39.1. The minimum atomic E-state index is -0.589. The fraction of sp³-hybridized carbons (Fsp3) is 0.0615. The summed E-state index contributed by atoms with van der Waals surface area (Å²) in [5.41, 5.74) is 18.0. The molecule has 70 heavy (non-hydrogen) atoms. The summed E-state index contributed by atoms with van der Waals surface area (Å²) in [5, 5.41) is 2.29. The molecule has 1 aliphatic heterocycles. The van der Waals surface area contributed by atoms with Crippen molar-refractivity contribution in [1.82, 2.24) is 19.5 Å². The van der Waals surface area contributed by atoms with Gasteiger partial charge >= 0.3 is 0 Å². The first-order valence-electron chi connectivity index (χ1n) is 24.3. The fourth-order valence-electron chi connectivity index (χ4n) is 13.2. The number of aromatic nitrogens is 4. The van der Waals surface area contributed by atoms with Gasteiger partial charge in [-0.2, -0.15) is 15.0 Å². The maximum Gasteiger partial charge on any atom is 0.240 e. The van der Waals surface area contributed by atoms with Crippen molar-refractivity contribution < 1.29 is 0 Å². The highest BCUT2D eigenvalue weighted by Gasteiger charge is 2.56. The zero-order chi connectivity index (χ0) is 46.0. The molecule has 4 aliphatic rings. The van der Waals surface area contributed by atoms with Gasteiger partial charge in [-0.25, -0.2) is 0 Å². The molecule has 5 nitrogen and oxygen atoms in total. The van der Waals surface area contributed by atoms with Gasteiger partial charge < -0.3 is 0 Å². The van der Waals surface area contributed by atoms with Crippen LogP contribution < -0.4 is 4.90 Å². The SMILES string of the molecule is C1=CCC2C(=C1)c1ccccc1C21c2ccccc2N(c2nc(-c3cccc(C4(c5ccccc5)c5ccccc5-c5ccccc54)c3)nc(-n3c4ccccc4c4ccccc43)n2)c2ccccc21. The predicted molar refractivity (Wildman–Crippen MR) is 283 cm³/mol. The van der Waals surface area contributed by atoms with Gasteiger partial charge in [-0.1, -0.05) is 212 Å². The molecule has 11 aromatic rings. The molecular weight excluding hydrogens is 851 g/mol. The summed E-state index contributed by atoms with van der Waals surface area (Å²) in [6.07, 6.45) is 7.85. The lowest BCUT2D eigenvalue weighted by Crippen LogP contribution is -2.40. The van der Waals surface area contributed by atoms with Crippen LogP contribution in [-0.2, 0) is 10.8 Å². The van der Waals surface area contributed by atoms with E-state index in [2.05, 4.69) is 252 Å². The fourth-order valence-corrected chi connectivity index (χ4v) is 13.2. The Hall–Kier alpha value is -8.93. The molecule has 3 heterocycles. The van der Waals surface area contributed by atoms with E-state index in [0.29, 0.717) is 17.7 Å². The Balaban J connectivity index is 1.01. The molecule has 0 saturated carbocycles. The monoisotopic (exact) mass is 893 g/mol. The lowest BCUT2D eigenvalue weighted by molar-refractivity contribution is 0.480. The standard InChI is InChI=1S/C65H43N5/c1-2-22-43(23-3-1)64(51-31-10-4-25-45(51)46-26-5-11-32-52(46)64)44-24-20-21-42(41-44)61-66-62(69-57-37-16-8-29-49(57)50-30-9-17-38-58(50)69)68-63(67-61)70-59-39-18-14-35-55(59)65(56-36-15-19-40-60(56)70)53-33-12-6-27-47(53)48-28-7-13-34-54(48)65/h1-33,35-41,54H,34H2. The third-order valence-corrected chi connectivity index (χ3v) is 15.8. The van der Waals surface area contributed by atoms with E-state index in [0.717, 1.165) is 50.7 Å².